The third-order valence-electron chi connectivity index (χ3n) is 2.91. The largest absolute Gasteiger partial charge is 0.481 e. The van der Waals surface area contributed by atoms with Gasteiger partial charge >= 0.3 is 5.97 Å². The molecule has 0 atom stereocenters. The quantitative estimate of drug-likeness (QED) is 0.628. The molecule has 1 aliphatic rings. The maximum Gasteiger partial charge on any atom is 0.303 e. The van der Waals surface area contributed by atoms with E-state index in [-0.39, 0.29) is 18.7 Å². The van der Waals surface area contributed by atoms with E-state index in [4.69, 9.17) is 5.11 Å². The van der Waals surface area contributed by atoms with Crippen LogP contribution < -0.4 is 4.72 Å². The summed E-state index contributed by atoms with van der Waals surface area (Å²) in [6.07, 6.45) is 4.59. The molecular weight excluding hydrogens is 230 g/mol. The molecule has 16 heavy (non-hydrogen) atoms. The predicted molar refractivity (Wildman–Crippen MR) is 60.6 cm³/mol. The summed E-state index contributed by atoms with van der Waals surface area (Å²) < 4.78 is 25.3. The standard InChI is InChI=1S/C10H19NO4S/c12-10(13)5-2-7-11-16(14,15)8-6-9-3-1-4-9/h9,11H,1-8H2,(H,12,13). The molecule has 0 radical (unpaired) electrons. The van der Waals surface area contributed by atoms with Crippen LogP contribution in [-0.4, -0.2) is 31.8 Å². The van der Waals surface area contributed by atoms with Crippen molar-refractivity contribution in [1.82, 2.24) is 4.72 Å². The Bertz CT molecular complexity index is 322. The van der Waals surface area contributed by atoms with Crippen molar-refractivity contribution >= 4 is 16.0 Å². The maximum atomic E-state index is 11.5. The van der Waals surface area contributed by atoms with Gasteiger partial charge in [-0.15, -0.1) is 0 Å². The van der Waals surface area contributed by atoms with E-state index >= 15 is 0 Å². The lowest BCUT2D eigenvalue weighted by molar-refractivity contribution is -0.137. The van der Waals surface area contributed by atoms with E-state index in [9.17, 15) is 13.2 Å². The molecular formula is C10H19NO4S. The molecule has 1 aliphatic carbocycles. The van der Waals surface area contributed by atoms with Crippen LogP contribution in [-0.2, 0) is 14.8 Å². The minimum Gasteiger partial charge on any atom is -0.481 e. The molecule has 6 heteroatoms. The van der Waals surface area contributed by atoms with Crippen molar-refractivity contribution < 1.29 is 18.3 Å². The summed E-state index contributed by atoms with van der Waals surface area (Å²) >= 11 is 0. The first-order valence-corrected chi connectivity index (χ1v) is 7.34. The van der Waals surface area contributed by atoms with Crippen LogP contribution in [0.15, 0.2) is 0 Å². The normalized spacial score (nSPS) is 17.0. The fraction of sp³-hybridized carbons (Fsp3) is 0.900. The van der Waals surface area contributed by atoms with Crippen molar-refractivity contribution in [3.05, 3.63) is 0 Å². The van der Waals surface area contributed by atoms with Gasteiger partial charge in [0, 0.05) is 13.0 Å². The minimum atomic E-state index is -3.19. The molecule has 0 amide bonds. The lowest BCUT2D eigenvalue weighted by Gasteiger charge is -2.24. The molecule has 1 fully saturated rings. The second-order valence-corrected chi connectivity index (χ2v) is 6.22. The first kappa shape index (κ1) is 13.4. The zero-order valence-corrected chi connectivity index (χ0v) is 10.1. The van der Waals surface area contributed by atoms with Gasteiger partial charge in [0.1, 0.15) is 0 Å². The summed E-state index contributed by atoms with van der Waals surface area (Å²) in [5.74, 6) is -0.144. The van der Waals surface area contributed by atoms with Gasteiger partial charge in [0.05, 0.1) is 5.75 Å². The Labute approximate surface area is 96.3 Å². The molecule has 0 aliphatic heterocycles. The second kappa shape index (κ2) is 6.20. The van der Waals surface area contributed by atoms with Crippen LogP contribution in [0.1, 0.15) is 38.5 Å². The fourth-order valence-corrected chi connectivity index (χ4v) is 2.89. The minimum absolute atomic E-state index is 0.00510. The van der Waals surface area contributed by atoms with Gasteiger partial charge in [0.15, 0.2) is 0 Å². The number of nitrogens with one attached hydrogen (secondary N) is 1. The van der Waals surface area contributed by atoms with Crippen LogP contribution >= 0.6 is 0 Å². The molecule has 5 nitrogen and oxygen atoms in total. The number of carbonyl (C=O) groups is 1. The number of hydrogen-bond acceptors (Lipinski definition) is 3. The van der Waals surface area contributed by atoms with Crippen LogP contribution in [0.4, 0.5) is 0 Å². The lowest BCUT2D eigenvalue weighted by atomic mass is 9.84. The zero-order chi connectivity index (χ0) is 12.0. The molecule has 0 heterocycles. The number of aliphatic carboxylic acids is 1. The number of rotatable bonds is 8. The van der Waals surface area contributed by atoms with Gasteiger partial charge in [0.25, 0.3) is 0 Å². The van der Waals surface area contributed by atoms with Crippen molar-refractivity contribution in [2.75, 3.05) is 12.3 Å². The van der Waals surface area contributed by atoms with Crippen molar-refractivity contribution in [2.24, 2.45) is 5.92 Å². The van der Waals surface area contributed by atoms with E-state index in [1.807, 2.05) is 0 Å². The molecule has 0 spiro atoms. The van der Waals surface area contributed by atoms with E-state index in [2.05, 4.69) is 4.72 Å². The van der Waals surface area contributed by atoms with Crippen LogP contribution in [0.3, 0.4) is 0 Å². The second-order valence-electron chi connectivity index (χ2n) is 4.30. The third-order valence-corrected chi connectivity index (χ3v) is 4.33. The molecule has 0 aromatic rings. The van der Waals surface area contributed by atoms with Crippen molar-refractivity contribution in [1.29, 1.82) is 0 Å². The maximum absolute atomic E-state index is 11.5. The Balaban J connectivity index is 2.10. The van der Waals surface area contributed by atoms with E-state index < -0.39 is 16.0 Å². The van der Waals surface area contributed by atoms with Gasteiger partial charge in [-0.25, -0.2) is 13.1 Å². The Morgan fingerprint density at radius 3 is 2.56 bits per heavy atom. The summed E-state index contributed by atoms with van der Waals surface area (Å²) in [5, 5.41) is 8.38. The van der Waals surface area contributed by atoms with Crippen molar-refractivity contribution in [3.63, 3.8) is 0 Å². The monoisotopic (exact) mass is 249 g/mol. The average molecular weight is 249 g/mol. The topological polar surface area (TPSA) is 83.5 Å². The highest BCUT2D eigenvalue weighted by Gasteiger charge is 2.20. The van der Waals surface area contributed by atoms with Crippen LogP contribution in [0.5, 0.6) is 0 Å². The van der Waals surface area contributed by atoms with Gasteiger partial charge < -0.3 is 5.11 Å². The average Bonchev–Trinajstić information content (AvgIpc) is 2.09. The lowest BCUT2D eigenvalue weighted by Crippen LogP contribution is -2.29. The molecule has 0 saturated heterocycles. The number of sulfonamides is 1. The summed E-state index contributed by atoms with van der Waals surface area (Å²) in [6.45, 7) is 0.222. The van der Waals surface area contributed by atoms with Gasteiger partial charge in [-0.2, -0.15) is 0 Å². The van der Waals surface area contributed by atoms with Crippen LogP contribution in [0, 0.1) is 5.92 Å². The molecule has 1 saturated carbocycles. The fourth-order valence-electron chi connectivity index (χ4n) is 1.64. The van der Waals surface area contributed by atoms with Gasteiger partial charge in [-0.3, -0.25) is 4.79 Å². The zero-order valence-electron chi connectivity index (χ0n) is 9.31. The van der Waals surface area contributed by atoms with E-state index in [1.54, 1.807) is 0 Å². The Morgan fingerprint density at radius 2 is 2.06 bits per heavy atom. The van der Waals surface area contributed by atoms with Crippen LogP contribution in [0.25, 0.3) is 0 Å². The Hall–Kier alpha value is -0.620. The van der Waals surface area contributed by atoms with Crippen molar-refractivity contribution in [2.45, 2.75) is 38.5 Å². The highest BCUT2D eigenvalue weighted by molar-refractivity contribution is 7.89. The molecule has 0 unspecified atom stereocenters. The molecule has 0 aromatic carbocycles. The van der Waals surface area contributed by atoms with E-state index in [0.29, 0.717) is 12.3 Å². The van der Waals surface area contributed by atoms with Gasteiger partial charge in [-0.05, 0) is 18.8 Å². The van der Waals surface area contributed by atoms with E-state index in [1.165, 1.54) is 6.42 Å². The van der Waals surface area contributed by atoms with Crippen LogP contribution in [0.2, 0.25) is 0 Å². The molecule has 94 valence electrons. The summed E-state index contributed by atoms with van der Waals surface area (Å²) in [7, 11) is -3.19. The summed E-state index contributed by atoms with van der Waals surface area (Å²) in [5.41, 5.74) is 0. The SMILES string of the molecule is O=C(O)CCCNS(=O)(=O)CCC1CCC1. The number of carboxylic acids is 1. The van der Waals surface area contributed by atoms with Gasteiger partial charge in [-0.1, -0.05) is 19.3 Å². The number of carboxylic acid groups (broad SMARTS) is 1. The predicted octanol–water partition coefficient (Wildman–Crippen LogP) is 0.961. The van der Waals surface area contributed by atoms with E-state index in [0.717, 1.165) is 19.3 Å². The molecule has 1 rings (SSSR count). The van der Waals surface area contributed by atoms with Crippen molar-refractivity contribution in [3.8, 4) is 0 Å². The number of hydrogen-bond donors (Lipinski definition) is 2. The highest BCUT2D eigenvalue weighted by atomic mass is 32.2. The summed E-state index contributed by atoms with van der Waals surface area (Å²) in [6, 6.07) is 0. The first-order valence-electron chi connectivity index (χ1n) is 5.69. The smallest absolute Gasteiger partial charge is 0.303 e. The van der Waals surface area contributed by atoms with Gasteiger partial charge in [0.2, 0.25) is 10.0 Å². The molecule has 2 N–H and O–H groups in total. The highest BCUT2D eigenvalue weighted by Crippen LogP contribution is 2.29. The third kappa shape index (κ3) is 5.46. The summed E-state index contributed by atoms with van der Waals surface area (Å²) in [4.78, 5) is 10.2. The molecule has 0 bridgehead atoms. The first-order chi connectivity index (χ1) is 7.49. The Morgan fingerprint density at radius 1 is 1.38 bits per heavy atom. The molecule has 0 aromatic heterocycles. The Kier molecular flexibility index (Phi) is 5.21.